The van der Waals surface area contributed by atoms with Crippen LogP contribution in [-0.2, 0) is 21.4 Å². The predicted octanol–water partition coefficient (Wildman–Crippen LogP) is 1.48. The van der Waals surface area contributed by atoms with E-state index in [4.69, 9.17) is 0 Å². The number of para-hydroxylation sites is 1. The lowest BCUT2D eigenvalue weighted by Crippen LogP contribution is -2.50. The van der Waals surface area contributed by atoms with E-state index in [0.717, 1.165) is 18.5 Å². The van der Waals surface area contributed by atoms with Crippen LogP contribution < -0.4 is 4.90 Å². The van der Waals surface area contributed by atoms with E-state index in [9.17, 15) is 13.2 Å². The third-order valence-corrected chi connectivity index (χ3v) is 6.87. The Balaban J connectivity index is 1.81. The molecule has 0 N–H and O–H groups in total. The molecular formula is C17H25N3O3S. The van der Waals surface area contributed by atoms with Crippen molar-refractivity contribution in [3.05, 3.63) is 29.8 Å². The highest BCUT2D eigenvalue weighted by molar-refractivity contribution is 7.86. The van der Waals surface area contributed by atoms with Crippen LogP contribution in [0.5, 0.6) is 0 Å². The number of anilines is 1. The molecule has 24 heavy (non-hydrogen) atoms. The summed E-state index contributed by atoms with van der Waals surface area (Å²) in [6.45, 7) is 2.80. The van der Waals surface area contributed by atoms with E-state index in [0.29, 0.717) is 13.0 Å². The highest BCUT2D eigenvalue weighted by Crippen LogP contribution is 2.34. The van der Waals surface area contributed by atoms with Gasteiger partial charge in [0.2, 0.25) is 5.91 Å². The van der Waals surface area contributed by atoms with Gasteiger partial charge in [-0.15, -0.1) is 0 Å². The zero-order valence-corrected chi connectivity index (χ0v) is 15.3. The first-order valence-corrected chi connectivity index (χ1v) is 9.80. The van der Waals surface area contributed by atoms with Gasteiger partial charge in [0, 0.05) is 38.9 Å². The first-order valence-electron chi connectivity index (χ1n) is 8.41. The summed E-state index contributed by atoms with van der Waals surface area (Å²) in [6.07, 6.45) is 2.31. The Morgan fingerprint density at radius 1 is 1.25 bits per heavy atom. The molecular weight excluding hydrogens is 326 g/mol. The molecule has 1 fully saturated rings. The van der Waals surface area contributed by atoms with Gasteiger partial charge in [0.05, 0.1) is 5.92 Å². The van der Waals surface area contributed by atoms with Crippen LogP contribution in [0.1, 0.15) is 25.3 Å². The van der Waals surface area contributed by atoms with Crippen molar-refractivity contribution in [1.29, 1.82) is 0 Å². The summed E-state index contributed by atoms with van der Waals surface area (Å²) in [6, 6.07) is 8.10. The van der Waals surface area contributed by atoms with Gasteiger partial charge < -0.3 is 4.90 Å². The molecule has 2 aliphatic rings. The molecule has 3 rings (SSSR count). The summed E-state index contributed by atoms with van der Waals surface area (Å²) in [5.74, 6) is -0.229. The van der Waals surface area contributed by atoms with E-state index < -0.39 is 10.2 Å². The quantitative estimate of drug-likeness (QED) is 0.829. The number of carbonyl (C=O) groups is 1. The molecule has 1 saturated heterocycles. The molecule has 0 radical (unpaired) electrons. The van der Waals surface area contributed by atoms with E-state index in [-0.39, 0.29) is 24.4 Å². The second kappa shape index (κ2) is 6.46. The fraction of sp³-hybridized carbons (Fsp3) is 0.588. The number of amides is 1. The van der Waals surface area contributed by atoms with Crippen molar-refractivity contribution in [1.82, 2.24) is 8.61 Å². The molecule has 0 saturated carbocycles. The highest BCUT2D eigenvalue weighted by Gasteiger charge is 2.39. The molecule has 2 unspecified atom stereocenters. The van der Waals surface area contributed by atoms with Crippen LogP contribution in [0.15, 0.2) is 24.3 Å². The van der Waals surface area contributed by atoms with Crippen molar-refractivity contribution in [3.63, 3.8) is 0 Å². The molecule has 7 heteroatoms. The van der Waals surface area contributed by atoms with Crippen molar-refractivity contribution < 1.29 is 13.2 Å². The molecule has 2 heterocycles. The van der Waals surface area contributed by atoms with E-state index in [1.807, 2.05) is 23.1 Å². The molecule has 1 aromatic rings. The maximum Gasteiger partial charge on any atom is 0.281 e. The predicted molar refractivity (Wildman–Crippen MR) is 94.0 cm³/mol. The van der Waals surface area contributed by atoms with Gasteiger partial charge in [-0.1, -0.05) is 18.2 Å². The van der Waals surface area contributed by atoms with Crippen LogP contribution in [-0.4, -0.2) is 56.2 Å². The minimum atomic E-state index is -3.47. The molecule has 0 spiro atoms. The Kier molecular flexibility index (Phi) is 4.68. The van der Waals surface area contributed by atoms with Crippen molar-refractivity contribution >= 4 is 21.8 Å². The third kappa shape index (κ3) is 2.96. The zero-order valence-electron chi connectivity index (χ0n) is 14.5. The van der Waals surface area contributed by atoms with E-state index in [1.165, 1.54) is 28.3 Å². The van der Waals surface area contributed by atoms with Crippen LogP contribution >= 0.6 is 0 Å². The smallest absolute Gasteiger partial charge is 0.281 e. The van der Waals surface area contributed by atoms with E-state index in [1.54, 1.807) is 0 Å². The van der Waals surface area contributed by atoms with Crippen LogP contribution in [0.3, 0.4) is 0 Å². The lowest BCUT2D eigenvalue weighted by molar-refractivity contribution is -0.123. The van der Waals surface area contributed by atoms with Crippen molar-refractivity contribution in [3.8, 4) is 0 Å². The van der Waals surface area contributed by atoms with Crippen molar-refractivity contribution in [2.24, 2.45) is 5.92 Å². The van der Waals surface area contributed by atoms with Gasteiger partial charge in [0.25, 0.3) is 10.2 Å². The van der Waals surface area contributed by atoms with Gasteiger partial charge in [-0.05, 0) is 37.8 Å². The first kappa shape index (κ1) is 17.4. The molecule has 1 aromatic carbocycles. The monoisotopic (exact) mass is 351 g/mol. The van der Waals surface area contributed by atoms with Gasteiger partial charge in [-0.2, -0.15) is 17.0 Å². The Morgan fingerprint density at radius 3 is 2.67 bits per heavy atom. The van der Waals surface area contributed by atoms with Crippen LogP contribution in [0.25, 0.3) is 0 Å². The summed E-state index contributed by atoms with van der Waals surface area (Å²) in [7, 11) is -0.413. The van der Waals surface area contributed by atoms with Gasteiger partial charge in [-0.3, -0.25) is 4.79 Å². The lowest BCUT2D eigenvalue weighted by Gasteiger charge is -2.35. The third-order valence-electron chi connectivity index (χ3n) is 4.97. The van der Waals surface area contributed by atoms with Crippen LogP contribution in [0.4, 0.5) is 5.69 Å². The van der Waals surface area contributed by atoms with Crippen molar-refractivity contribution in [2.45, 2.75) is 32.2 Å². The Labute approximate surface area is 144 Å². The first-order chi connectivity index (χ1) is 11.3. The standard InChI is InChI=1S/C17H25N3O3S/c1-13-11-14-7-4-5-9-16(14)20(13)17(21)15-8-6-10-19(12-15)24(22,23)18(2)3/h4-5,7,9,13,15H,6,8,10-12H2,1-3H3. The number of benzene rings is 1. The highest BCUT2D eigenvalue weighted by atomic mass is 32.2. The summed E-state index contributed by atoms with van der Waals surface area (Å²) >= 11 is 0. The molecule has 0 aliphatic carbocycles. The molecule has 2 atom stereocenters. The Bertz CT molecular complexity index is 732. The average Bonchev–Trinajstić information content (AvgIpc) is 2.90. The number of hydrogen-bond donors (Lipinski definition) is 0. The number of fused-ring (bicyclic) bond motifs is 1. The van der Waals surface area contributed by atoms with Gasteiger partial charge in [0.15, 0.2) is 0 Å². The van der Waals surface area contributed by atoms with Gasteiger partial charge in [-0.25, -0.2) is 0 Å². The SMILES string of the molecule is CC1Cc2ccccc2N1C(=O)C1CCCN(S(=O)(=O)N(C)C)C1. The van der Waals surface area contributed by atoms with Crippen molar-refractivity contribution in [2.75, 3.05) is 32.1 Å². The largest absolute Gasteiger partial charge is 0.309 e. The summed E-state index contributed by atoms with van der Waals surface area (Å²) in [5, 5.41) is 0. The number of piperidine rings is 1. The molecule has 132 valence electrons. The normalized spacial score (nSPS) is 25.1. The van der Waals surface area contributed by atoms with Gasteiger partial charge in [0.1, 0.15) is 0 Å². The molecule has 6 nitrogen and oxygen atoms in total. The van der Waals surface area contributed by atoms with Crippen LogP contribution in [0, 0.1) is 5.92 Å². The Hall–Kier alpha value is -1.44. The zero-order chi connectivity index (χ0) is 17.5. The van der Waals surface area contributed by atoms with E-state index in [2.05, 4.69) is 13.0 Å². The maximum absolute atomic E-state index is 13.1. The average molecular weight is 351 g/mol. The molecule has 0 bridgehead atoms. The van der Waals surface area contributed by atoms with E-state index >= 15 is 0 Å². The summed E-state index contributed by atoms with van der Waals surface area (Å²) in [5.41, 5.74) is 2.16. The second-order valence-electron chi connectivity index (χ2n) is 6.88. The number of rotatable bonds is 3. The fourth-order valence-corrected chi connectivity index (χ4v) is 4.87. The minimum absolute atomic E-state index is 0.0473. The fourth-order valence-electron chi connectivity index (χ4n) is 3.68. The van der Waals surface area contributed by atoms with Gasteiger partial charge >= 0.3 is 0 Å². The minimum Gasteiger partial charge on any atom is -0.309 e. The number of carbonyl (C=O) groups excluding carboxylic acids is 1. The second-order valence-corrected chi connectivity index (χ2v) is 9.02. The number of hydrogen-bond acceptors (Lipinski definition) is 3. The van der Waals surface area contributed by atoms with Crippen LogP contribution in [0.2, 0.25) is 0 Å². The lowest BCUT2D eigenvalue weighted by atomic mass is 9.97. The topological polar surface area (TPSA) is 60.9 Å². The molecule has 1 amide bonds. The Morgan fingerprint density at radius 2 is 1.96 bits per heavy atom. The summed E-state index contributed by atoms with van der Waals surface area (Å²) in [4.78, 5) is 15.0. The molecule has 0 aromatic heterocycles. The molecule has 2 aliphatic heterocycles. The summed E-state index contributed by atoms with van der Waals surface area (Å²) < 4.78 is 27.4. The maximum atomic E-state index is 13.1. The number of nitrogens with zero attached hydrogens (tertiary/aromatic N) is 3.